The van der Waals surface area contributed by atoms with Crippen LogP contribution in [0.15, 0.2) is 52.3 Å². The lowest BCUT2D eigenvalue weighted by Crippen LogP contribution is -2.27. The molecule has 0 fully saturated rings. The van der Waals surface area contributed by atoms with Crippen molar-refractivity contribution in [3.8, 4) is 17.2 Å². The van der Waals surface area contributed by atoms with Crippen molar-refractivity contribution in [1.29, 1.82) is 0 Å². The molecule has 1 aliphatic heterocycles. The zero-order valence-electron chi connectivity index (χ0n) is 18.8. The zero-order chi connectivity index (χ0) is 23.8. The molecule has 2 atom stereocenters. The molecule has 0 saturated heterocycles. The number of methoxy groups -OCH3 is 3. The van der Waals surface area contributed by atoms with Crippen molar-refractivity contribution in [2.24, 2.45) is 0 Å². The lowest BCUT2D eigenvalue weighted by Gasteiger charge is -2.30. The van der Waals surface area contributed by atoms with E-state index >= 15 is 0 Å². The van der Waals surface area contributed by atoms with Crippen molar-refractivity contribution >= 4 is 29.0 Å². The van der Waals surface area contributed by atoms with Crippen LogP contribution in [0.3, 0.4) is 0 Å². The predicted octanol–water partition coefficient (Wildman–Crippen LogP) is 4.73. The summed E-state index contributed by atoms with van der Waals surface area (Å²) in [6.45, 7) is 0. The highest BCUT2D eigenvalue weighted by molar-refractivity contribution is 6.30. The van der Waals surface area contributed by atoms with Crippen LogP contribution in [-0.4, -0.2) is 37.4 Å². The van der Waals surface area contributed by atoms with Gasteiger partial charge in [-0.2, -0.15) is 0 Å². The highest BCUT2D eigenvalue weighted by atomic mass is 35.5. The quantitative estimate of drug-likeness (QED) is 0.533. The third-order valence-corrected chi connectivity index (χ3v) is 6.47. The number of rotatable bonds is 5. The van der Waals surface area contributed by atoms with Crippen LogP contribution in [0.1, 0.15) is 35.9 Å². The van der Waals surface area contributed by atoms with E-state index < -0.39 is 6.04 Å². The van der Waals surface area contributed by atoms with Gasteiger partial charge in [-0.15, -0.1) is 0 Å². The second-order valence-electron chi connectivity index (χ2n) is 8.06. The number of nitrogens with one attached hydrogen (secondary N) is 2. The summed E-state index contributed by atoms with van der Waals surface area (Å²) >= 11 is 6.06. The van der Waals surface area contributed by atoms with E-state index in [2.05, 4.69) is 20.9 Å². The summed E-state index contributed by atoms with van der Waals surface area (Å²) < 4.78 is 21.7. The van der Waals surface area contributed by atoms with Crippen molar-refractivity contribution < 1.29 is 23.6 Å². The van der Waals surface area contributed by atoms with Gasteiger partial charge in [0.05, 0.1) is 27.4 Å². The molecule has 2 aromatic carbocycles. The monoisotopic (exact) mass is 482 g/mol. The fourth-order valence-corrected chi connectivity index (χ4v) is 4.78. The molecule has 34 heavy (non-hydrogen) atoms. The van der Waals surface area contributed by atoms with E-state index in [1.807, 2.05) is 30.3 Å². The van der Waals surface area contributed by atoms with Crippen molar-refractivity contribution in [1.82, 2.24) is 10.3 Å². The SMILES string of the molecule is COc1ccc(C2Nc3nonc3NC3=C2C(=O)CC(c2ccc(Cl)cc2)C3)c(OC)c1OC. The molecule has 2 heterocycles. The first kappa shape index (κ1) is 22.1. The molecule has 10 heteroatoms. The normalized spacial score (nSPS) is 19.4. The molecule has 5 rings (SSSR count). The van der Waals surface area contributed by atoms with E-state index in [1.165, 1.54) is 0 Å². The number of aromatic nitrogens is 2. The molecule has 0 radical (unpaired) electrons. The number of hydrogen-bond donors (Lipinski definition) is 2. The van der Waals surface area contributed by atoms with Gasteiger partial charge in [-0.3, -0.25) is 4.79 Å². The van der Waals surface area contributed by atoms with Gasteiger partial charge in [0.2, 0.25) is 17.4 Å². The number of ketones is 1. The molecular formula is C24H23ClN4O5. The molecular weight excluding hydrogens is 460 g/mol. The van der Waals surface area contributed by atoms with E-state index in [1.54, 1.807) is 27.4 Å². The highest BCUT2D eigenvalue weighted by Gasteiger charge is 2.39. The maximum Gasteiger partial charge on any atom is 0.219 e. The number of Topliss-reactive ketones (excluding diaryl/α,β-unsaturated/α-hetero) is 1. The Morgan fingerprint density at radius 3 is 2.38 bits per heavy atom. The minimum Gasteiger partial charge on any atom is -0.493 e. The first-order valence-corrected chi connectivity index (χ1v) is 11.1. The van der Waals surface area contributed by atoms with E-state index in [9.17, 15) is 4.79 Å². The summed E-state index contributed by atoms with van der Waals surface area (Å²) in [7, 11) is 4.65. The van der Waals surface area contributed by atoms with Gasteiger partial charge in [-0.25, -0.2) is 4.63 Å². The molecule has 3 aromatic rings. The van der Waals surface area contributed by atoms with Crippen molar-refractivity contribution in [2.75, 3.05) is 32.0 Å². The Morgan fingerprint density at radius 2 is 1.68 bits per heavy atom. The van der Waals surface area contributed by atoms with Crippen LogP contribution in [-0.2, 0) is 4.79 Å². The maximum absolute atomic E-state index is 13.6. The number of fused-ring (bicyclic) bond motifs is 1. The number of carbonyl (C=O) groups is 1. The molecule has 9 nitrogen and oxygen atoms in total. The minimum atomic E-state index is -0.580. The summed E-state index contributed by atoms with van der Waals surface area (Å²) in [5.41, 5.74) is 3.08. The summed E-state index contributed by atoms with van der Waals surface area (Å²) in [6, 6.07) is 10.6. The Labute approximate surface area is 201 Å². The first-order chi connectivity index (χ1) is 16.5. The number of anilines is 2. The number of nitrogens with zero attached hydrogens (tertiary/aromatic N) is 2. The van der Waals surface area contributed by atoms with Crippen molar-refractivity contribution in [3.05, 3.63) is 63.8 Å². The number of allylic oxidation sites excluding steroid dienone is 1. The second kappa shape index (κ2) is 8.90. The molecule has 2 aliphatic rings. The van der Waals surface area contributed by atoms with Crippen LogP contribution >= 0.6 is 11.6 Å². The van der Waals surface area contributed by atoms with Crippen molar-refractivity contribution in [2.45, 2.75) is 24.8 Å². The Bertz CT molecular complexity index is 1270. The molecule has 1 aliphatic carbocycles. The lowest BCUT2D eigenvalue weighted by atomic mass is 9.78. The maximum atomic E-state index is 13.6. The third-order valence-electron chi connectivity index (χ3n) is 6.22. The Morgan fingerprint density at radius 1 is 0.941 bits per heavy atom. The average molecular weight is 483 g/mol. The molecule has 0 spiro atoms. The fourth-order valence-electron chi connectivity index (χ4n) is 4.66. The summed E-state index contributed by atoms with van der Waals surface area (Å²) in [4.78, 5) is 13.6. The van der Waals surface area contributed by atoms with E-state index in [4.69, 9.17) is 30.4 Å². The smallest absolute Gasteiger partial charge is 0.219 e. The van der Waals surface area contributed by atoms with Gasteiger partial charge >= 0.3 is 0 Å². The van der Waals surface area contributed by atoms with Gasteiger partial charge in [0.15, 0.2) is 17.3 Å². The molecule has 0 saturated carbocycles. The first-order valence-electron chi connectivity index (χ1n) is 10.7. The van der Waals surface area contributed by atoms with Crippen LogP contribution in [0.25, 0.3) is 0 Å². The summed E-state index contributed by atoms with van der Waals surface area (Å²) in [6.07, 6.45) is 0.953. The molecule has 0 bridgehead atoms. The Hall–Kier alpha value is -3.72. The number of hydrogen-bond acceptors (Lipinski definition) is 9. The Kier molecular flexibility index (Phi) is 5.79. The standard InChI is InChI=1S/C24H23ClN4O5/c1-31-18-9-8-15(21(32-2)22(18)33-3)20-19-16(26-23-24(27-20)29-34-28-23)10-13(11-17(19)30)12-4-6-14(25)7-5-12/h4-9,13,20H,10-11H2,1-3H3,(H,26,28)(H,27,29). The zero-order valence-corrected chi connectivity index (χ0v) is 19.6. The van der Waals surface area contributed by atoms with Crippen molar-refractivity contribution in [3.63, 3.8) is 0 Å². The fraction of sp³-hybridized carbons (Fsp3) is 0.292. The number of ether oxygens (including phenoxy) is 3. The van der Waals surface area contributed by atoms with Crippen LogP contribution < -0.4 is 24.8 Å². The molecule has 0 amide bonds. The predicted molar refractivity (Wildman–Crippen MR) is 126 cm³/mol. The van der Waals surface area contributed by atoms with Gasteiger partial charge < -0.3 is 24.8 Å². The van der Waals surface area contributed by atoms with E-state index in [0.717, 1.165) is 11.3 Å². The molecule has 176 valence electrons. The van der Waals surface area contributed by atoms with Crippen LogP contribution in [0.2, 0.25) is 5.02 Å². The van der Waals surface area contributed by atoms with Gasteiger partial charge in [0.1, 0.15) is 0 Å². The van der Waals surface area contributed by atoms with Gasteiger partial charge in [0.25, 0.3) is 0 Å². The summed E-state index contributed by atoms with van der Waals surface area (Å²) in [5, 5.41) is 15.2. The number of halogens is 1. The molecule has 2 unspecified atom stereocenters. The molecule has 2 N–H and O–H groups in total. The van der Waals surface area contributed by atoms with Crippen LogP contribution in [0, 0.1) is 0 Å². The average Bonchev–Trinajstić information content (AvgIpc) is 3.22. The van der Waals surface area contributed by atoms with E-state index in [0.29, 0.717) is 57.9 Å². The number of carbonyl (C=O) groups excluding carboxylic acids is 1. The third kappa shape index (κ3) is 3.71. The topological polar surface area (TPSA) is 108 Å². The number of benzene rings is 2. The minimum absolute atomic E-state index is 0.00475. The molecule has 1 aromatic heterocycles. The lowest BCUT2D eigenvalue weighted by molar-refractivity contribution is -0.116. The highest BCUT2D eigenvalue weighted by Crippen LogP contribution is 2.48. The van der Waals surface area contributed by atoms with Gasteiger partial charge in [0, 0.05) is 28.3 Å². The second-order valence-corrected chi connectivity index (χ2v) is 8.50. The van der Waals surface area contributed by atoms with Gasteiger partial charge in [-0.05, 0) is 52.5 Å². The van der Waals surface area contributed by atoms with Crippen LogP contribution in [0.5, 0.6) is 17.2 Å². The van der Waals surface area contributed by atoms with E-state index in [-0.39, 0.29) is 11.7 Å². The largest absolute Gasteiger partial charge is 0.493 e. The van der Waals surface area contributed by atoms with Gasteiger partial charge in [-0.1, -0.05) is 23.7 Å². The Balaban J connectivity index is 1.64. The summed E-state index contributed by atoms with van der Waals surface area (Å²) in [5.74, 6) is 2.22. The van der Waals surface area contributed by atoms with Crippen LogP contribution in [0.4, 0.5) is 11.6 Å².